The van der Waals surface area contributed by atoms with Crippen LogP contribution >= 0.6 is 0 Å². The molecular formula is C24H23NO3. The number of amides is 1. The SMILES string of the molecule is CCCN1C(=O)/C(=C\c2ccc(OC)c3cccc(OC)c23)c2ccccc21. The predicted octanol–water partition coefficient (Wildman–Crippen LogP) is 5.15. The number of hydrogen-bond donors (Lipinski definition) is 0. The zero-order valence-corrected chi connectivity index (χ0v) is 16.4. The molecule has 4 heteroatoms. The Hall–Kier alpha value is -3.27. The maximum Gasteiger partial charge on any atom is 0.258 e. The molecule has 0 unspecified atom stereocenters. The van der Waals surface area contributed by atoms with Gasteiger partial charge in [0.25, 0.3) is 5.91 Å². The second kappa shape index (κ2) is 7.39. The monoisotopic (exact) mass is 373 g/mol. The van der Waals surface area contributed by atoms with Crippen LogP contribution < -0.4 is 14.4 Å². The number of carbonyl (C=O) groups excluding carboxylic acids is 1. The van der Waals surface area contributed by atoms with Gasteiger partial charge in [0.05, 0.1) is 19.9 Å². The van der Waals surface area contributed by atoms with Crippen molar-refractivity contribution in [3.63, 3.8) is 0 Å². The van der Waals surface area contributed by atoms with E-state index in [-0.39, 0.29) is 5.91 Å². The van der Waals surface area contributed by atoms with Crippen LogP contribution in [0.2, 0.25) is 0 Å². The predicted molar refractivity (Wildman–Crippen MR) is 114 cm³/mol. The normalized spacial score (nSPS) is 14.6. The molecule has 0 aromatic heterocycles. The van der Waals surface area contributed by atoms with Crippen LogP contribution in [0, 0.1) is 0 Å². The molecule has 0 spiro atoms. The summed E-state index contributed by atoms with van der Waals surface area (Å²) in [4.78, 5) is 15.0. The average molecular weight is 373 g/mol. The third-order valence-electron chi connectivity index (χ3n) is 5.14. The standard InChI is InChI=1S/C24H23NO3/c1-4-14-25-20-10-6-5-8-17(20)19(24(25)26)15-16-12-13-21(27-2)18-9-7-11-22(28-3)23(16)18/h5-13,15H,4,14H2,1-3H3/b19-15-. The lowest BCUT2D eigenvalue weighted by Gasteiger charge is -2.15. The summed E-state index contributed by atoms with van der Waals surface area (Å²) in [6.07, 6.45) is 2.88. The third-order valence-corrected chi connectivity index (χ3v) is 5.14. The molecule has 0 saturated carbocycles. The Labute approximate surface area is 165 Å². The van der Waals surface area contributed by atoms with Gasteiger partial charge in [-0.25, -0.2) is 0 Å². The first kappa shape index (κ1) is 18.1. The highest BCUT2D eigenvalue weighted by Crippen LogP contribution is 2.41. The number of benzene rings is 3. The van der Waals surface area contributed by atoms with Crippen molar-refractivity contribution in [2.24, 2.45) is 0 Å². The number of hydrogen-bond acceptors (Lipinski definition) is 3. The van der Waals surface area contributed by atoms with Gasteiger partial charge in [-0.3, -0.25) is 4.79 Å². The van der Waals surface area contributed by atoms with Crippen LogP contribution in [-0.2, 0) is 4.79 Å². The number of anilines is 1. The minimum Gasteiger partial charge on any atom is -0.496 e. The Kier molecular flexibility index (Phi) is 4.78. The minimum atomic E-state index is 0.0434. The summed E-state index contributed by atoms with van der Waals surface area (Å²) >= 11 is 0. The fourth-order valence-corrected chi connectivity index (χ4v) is 3.89. The van der Waals surface area contributed by atoms with Gasteiger partial charge in [0, 0.05) is 28.5 Å². The summed E-state index contributed by atoms with van der Waals surface area (Å²) < 4.78 is 11.1. The van der Waals surface area contributed by atoms with Crippen molar-refractivity contribution >= 4 is 34.0 Å². The molecule has 0 bridgehead atoms. The largest absolute Gasteiger partial charge is 0.496 e. The summed E-state index contributed by atoms with van der Waals surface area (Å²) in [5.74, 6) is 1.58. The van der Waals surface area contributed by atoms with E-state index in [1.54, 1.807) is 14.2 Å². The quantitative estimate of drug-likeness (QED) is 0.580. The maximum absolute atomic E-state index is 13.2. The summed E-state index contributed by atoms with van der Waals surface area (Å²) in [6, 6.07) is 17.8. The average Bonchev–Trinajstić information content (AvgIpc) is 2.99. The van der Waals surface area contributed by atoms with Crippen molar-refractivity contribution in [3.05, 3.63) is 65.7 Å². The van der Waals surface area contributed by atoms with E-state index in [1.807, 2.05) is 65.6 Å². The first-order chi connectivity index (χ1) is 13.7. The molecule has 3 aromatic carbocycles. The molecule has 142 valence electrons. The Morgan fingerprint density at radius 3 is 2.46 bits per heavy atom. The summed E-state index contributed by atoms with van der Waals surface area (Å²) in [6.45, 7) is 2.79. The van der Waals surface area contributed by atoms with Gasteiger partial charge in [0.15, 0.2) is 0 Å². The topological polar surface area (TPSA) is 38.8 Å². The molecule has 0 radical (unpaired) electrons. The van der Waals surface area contributed by atoms with Crippen molar-refractivity contribution in [2.45, 2.75) is 13.3 Å². The smallest absolute Gasteiger partial charge is 0.258 e. The second-order valence-electron chi connectivity index (χ2n) is 6.77. The van der Waals surface area contributed by atoms with Crippen molar-refractivity contribution in [2.75, 3.05) is 25.7 Å². The molecule has 1 amide bonds. The van der Waals surface area contributed by atoms with Crippen molar-refractivity contribution in [3.8, 4) is 11.5 Å². The van der Waals surface area contributed by atoms with Crippen molar-refractivity contribution in [1.82, 2.24) is 0 Å². The van der Waals surface area contributed by atoms with Crippen molar-refractivity contribution < 1.29 is 14.3 Å². The molecule has 3 aromatic rings. The molecule has 4 rings (SSSR count). The van der Waals surface area contributed by atoms with Gasteiger partial charge < -0.3 is 14.4 Å². The van der Waals surface area contributed by atoms with Crippen LogP contribution in [0.25, 0.3) is 22.4 Å². The fourth-order valence-electron chi connectivity index (χ4n) is 3.89. The van der Waals surface area contributed by atoms with E-state index in [9.17, 15) is 4.79 Å². The third kappa shape index (κ3) is 2.82. The highest BCUT2D eigenvalue weighted by Gasteiger charge is 2.31. The molecular weight excluding hydrogens is 350 g/mol. The minimum absolute atomic E-state index is 0.0434. The first-order valence-electron chi connectivity index (χ1n) is 9.46. The number of methoxy groups -OCH3 is 2. The van der Waals surface area contributed by atoms with Crippen LogP contribution in [0.15, 0.2) is 54.6 Å². The van der Waals surface area contributed by atoms with Gasteiger partial charge in [-0.05, 0) is 36.3 Å². The summed E-state index contributed by atoms with van der Waals surface area (Å²) in [5, 5.41) is 1.90. The molecule has 0 fully saturated rings. The number of ether oxygens (including phenoxy) is 2. The van der Waals surface area contributed by atoms with Crippen LogP contribution in [-0.4, -0.2) is 26.7 Å². The van der Waals surface area contributed by atoms with Gasteiger partial charge in [-0.15, -0.1) is 0 Å². The van der Waals surface area contributed by atoms with Gasteiger partial charge in [-0.2, -0.15) is 0 Å². The van der Waals surface area contributed by atoms with Gasteiger partial charge in [0.1, 0.15) is 11.5 Å². The number of carbonyl (C=O) groups is 1. The first-order valence-corrected chi connectivity index (χ1v) is 9.46. The highest BCUT2D eigenvalue weighted by atomic mass is 16.5. The molecule has 1 heterocycles. The van der Waals surface area contributed by atoms with Gasteiger partial charge in [0.2, 0.25) is 0 Å². The molecule has 0 N–H and O–H groups in total. The Morgan fingerprint density at radius 2 is 1.71 bits per heavy atom. The van der Waals surface area contributed by atoms with E-state index >= 15 is 0 Å². The Balaban J connectivity index is 1.95. The second-order valence-corrected chi connectivity index (χ2v) is 6.77. The molecule has 0 saturated heterocycles. The fraction of sp³-hybridized carbons (Fsp3) is 0.208. The zero-order chi connectivity index (χ0) is 19.7. The van der Waals surface area contributed by atoms with E-state index in [2.05, 4.69) is 6.92 Å². The number of nitrogens with zero attached hydrogens (tertiary/aromatic N) is 1. The maximum atomic E-state index is 13.2. The lowest BCUT2D eigenvalue weighted by atomic mass is 9.98. The highest BCUT2D eigenvalue weighted by molar-refractivity contribution is 6.36. The van der Waals surface area contributed by atoms with Crippen LogP contribution in [0.3, 0.4) is 0 Å². The Bertz CT molecular complexity index is 1080. The van der Waals surface area contributed by atoms with Gasteiger partial charge in [-0.1, -0.05) is 43.3 Å². The number of fused-ring (bicyclic) bond motifs is 2. The lowest BCUT2D eigenvalue weighted by Crippen LogP contribution is -2.26. The summed E-state index contributed by atoms with van der Waals surface area (Å²) in [5.41, 5.74) is 3.59. The Morgan fingerprint density at radius 1 is 0.929 bits per heavy atom. The molecule has 28 heavy (non-hydrogen) atoms. The van der Waals surface area contributed by atoms with Gasteiger partial charge >= 0.3 is 0 Å². The molecule has 0 aliphatic carbocycles. The summed E-state index contributed by atoms with van der Waals surface area (Å²) in [7, 11) is 3.32. The van der Waals surface area contributed by atoms with Crippen molar-refractivity contribution in [1.29, 1.82) is 0 Å². The molecule has 1 aliphatic heterocycles. The van der Waals surface area contributed by atoms with E-state index in [0.717, 1.165) is 45.5 Å². The van der Waals surface area contributed by atoms with Crippen LogP contribution in [0.1, 0.15) is 24.5 Å². The van der Waals surface area contributed by atoms with E-state index in [4.69, 9.17) is 9.47 Å². The van der Waals surface area contributed by atoms with Crippen LogP contribution in [0.4, 0.5) is 5.69 Å². The lowest BCUT2D eigenvalue weighted by molar-refractivity contribution is -0.113. The van der Waals surface area contributed by atoms with E-state index < -0.39 is 0 Å². The van der Waals surface area contributed by atoms with E-state index in [1.165, 1.54) is 0 Å². The molecule has 1 aliphatic rings. The number of rotatable bonds is 5. The van der Waals surface area contributed by atoms with Crippen LogP contribution in [0.5, 0.6) is 11.5 Å². The van der Waals surface area contributed by atoms with E-state index in [0.29, 0.717) is 12.1 Å². The molecule has 0 atom stereocenters. The number of para-hydroxylation sites is 1. The zero-order valence-electron chi connectivity index (χ0n) is 16.4. The molecule has 4 nitrogen and oxygen atoms in total.